The first-order valence-corrected chi connectivity index (χ1v) is 12.5. The van der Waals surface area contributed by atoms with E-state index in [-0.39, 0.29) is 17.7 Å². The van der Waals surface area contributed by atoms with Gasteiger partial charge in [0.25, 0.3) is 11.8 Å². The van der Waals surface area contributed by atoms with Crippen LogP contribution in [0.5, 0.6) is 0 Å². The minimum atomic E-state index is -0.263. The molecule has 1 aromatic heterocycles. The fraction of sp³-hybridized carbons (Fsp3) is 0.269. The number of amides is 3. The van der Waals surface area contributed by atoms with Gasteiger partial charge in [0.05, 0.1) is 15.6 Å². The predicted octanol–water partition coefficient (Wildman–Crippen LogP) is 4.96. The number of halogens is 1. The van der Waals surface area contributed by atoms with Crippen LogP contribution < -0.4 is 5.32 Å². The van der Waals surface area contributed by atoms with Gasteiger partial charge in [-0.2, -0.15) is 0 Å². The average Bonchev–Trinajstić information content (AvgIpc) is 3.41. The highest BCUT2D eigenvalue weighted by molar-refractivity contribution is 7.12. The van der Waals surface area contributed by atoms with E-state index in [1.807, 2.05) is 28.5 Å². The molecule has 1 fully saturated rings. The van der Waals surface area contributed by atoms with Gasteiger partial charge in [-0.15, -0.1) is 11.3 Å². The molecule has 3 amide bonds. The summed E-state index contributed by atoms with van der Waals surface area (Å²) in [5.74, 6) is -0.270. The highest BCUT2D eigenvalue weighted by Crippen LogP contribution is 2.25. The quantitative estimate of drug-likeness (QED) is 0.503. The van der Waals surface area contributed by atoms with Crippen LogP contribution in [0.25, 0.3) is 0 Å². The van der Waals surface area contributed by atoms with E-state index in [9.17, 15) is 14.4 Å². The summed E-state index contributed by atoms with van der Waals surface area (Å²) in [6, 6.07) is 18.6. The Labute approximate surface area is 208 Å². The number of aryl methyl sites for hydroxylation is 1. The second kappa shape index (κ2) is 11.3. The summed E-state index contributed by atoms with van der Waals surface area (Å²) in [6.07, 6.45) is 2.20. The molecule has 1 aliphatic rings. The largest absolute Gasteiger partial charge is 0.339 e. The molecular weight excluding hydrogens is 470 g/mol. The van der Waals surface area contributed by atoms with E-state index >= 15 is 0 Å². The molecule has 0 bridgehead atoms. The van der Waals surface area contributed by atoms with Crippen LogP contribution in [0.1, 0.15) is 38.4 Å². The third-order valence-corrected chi connectivity index (χ3v) is 7.02. The first-order valence-electron chi connectivity index (χ1n) is 11.3. The maximum atomic E-state index is 13.1. The lowest BCUT2D eigenvalue weighted by Gasteiger charge is -2.35. The number of thiophene rings is 1. The predicted molar refractivity (Wildman–Crippen MR) is 136 cm³/mol. The zero-order valence-corrected chi connectivity index (χ0v) is 20.3. The fourth-order valence-corrected chi connectivity index (χ4v) is 4.72. The van der Waals surface area contributed by atoms with E-state index in [2.05, 4.69) is 17.4 Å². The highest BCUT2D eigenvalue weighted by atomic mass is 35.5. The van der Waals surface area contributed by atoms with Gasteiger partial charge in [-0.25, -0.2) is 0 Å². The van der Waals surface area contributed by atoms with E-state index in [1.165, 1.54) is 16.9 Å². The van der Waals surface area contributed by atoms with E-state index in [0.717, 1.165) is 12.8 Å². The van der Waals surface area contributed by atoms with Crippen LogP contribution in [0, 0.1) is 0 Å². The Balaban J connectivity index is 1.29. The number of hydrogen-bond donors (Lipinski definition) is 1. The number of piperazine rings is 1. The third kappa shape index (κ3) is 6.04. The Morgan fingerprint density at radius 1 is 0.912 bits per heavy atom. The number of nitrogens with one attached hydrogen (secondary N) is 1. The number of nitrogens with zero attached hydrogens (tertiary/aromatic N) is 2. The standard InChI is InChI=1S/C26H26ClN3O3S/c27-21-12-11-20(18-22(21)28-25(32)23-9-5-17-34-23)26(33)30-15-13-29(14-16-30)24(31)10-4-8-19-6-2-1-3-7-19/h1-3,5-7,9,11-12,17-18H,4,8,10,13-16H2,(H,28,32). The Hall–Kier alpha value is -3.16. The minimum absolute atomic E-state index is 0.132. The summed E-state index contributed by atoms with van der Waals surface area (Å²) in [4.78, 5) is 42.2. The van der Waals surface area contributed by atoms with Crippen LogP contribution in [0.15, 0.2) is 66.0 Å². The van der Waals surface area contributed by atoms with Crippen LogP contribution in [0.4, 0.5) is 5.69 Å². The van der Waals surface area contributed by atoms with Gasteiger partial charge in [-0.3, -0.25) is 14.4 Å². The highest BCUT2D eigenvalue weighted by Gasteiger charge is 2.25. The van der Waals surface area contributed by atoms with Crippen molar-refractivity contribution in [1.29, 1.82) is 0 Å². The first-order chi connectivity index (χ1) is 16.5. The number of carbonyl (C=O) groups excluding carboxylic acids is 3. The van der Waals surface area contributed by atoms with Gasteiger partial charge in [-0.05, 0) is 48.1 Å². The summed E-state index contributed by atoms with van der Waals surface area (Å²) in [7, 11) is 0. The molecule has 2 aromatic carbocycles. The van der Waals surface area contributed by atoms with E-state index in [0.29, 0.717) is 53.8 Å². The minimum Gasteiger partial charge on any atom is -0.339 e. The van der Waals surface area contributed by atoms with Gasteiger partial charge < -0.3 is 15.1 Å². The van der Waals surface area contributed by atoms with Gasteiger partial charge in [0.1, 0.15) is 0 Å². The molecule has 34 heavy (non-hydrogen) atoms. The van der Waals surface area contributed by atoms with Crippen LogP contribution >= 0.6 is 22.9 Å². The molecule has 1 saturated heterocycles. The number of hydrogen-bond acceptors (Lipinski definition) is 4. The van der Waals surface area contributed by atoms with Crippen LogP contribution in [0.2, 0.25) is 5.02 Å². The normalized spacial score (nSPS) is 13.6. The SMILES string of the molecule is O=C(Nc1cc(C(=O)N2CCN(C(=O)CCCc3ccccc3)CC2)ccc1Cl)c1cccs1. The number of rotatable bonds is 7. The van der Waals surface area contributed by atoms with Gasteiger partial charge in [0.2, 0.25) is 5.91 Å². The van der Waals surface area contributed by atoms with Gasteiger partial charge in [-0.1, -0.05) is 48.0 Å². The molecule has 176 valence electrons. The Bertz CT molecular complexity index is 1140. The van der Waals surface area contributed by atoms with Crippen molar-refractivity contribution in [2.24, 2.45) is 0 Å². The number of anilines is 1. The molecule has 0 radical (unpaired) electrons. The maximum Gasteiger partial charge on any atom is 0.265 e. The lowest BCUT2D eigenvalue weighted by atomic mass is 10.1. The molecule has 0 unspecified atom stereocenters. The van der Waals surface area contributed by atoms with Crippen molar-refractivity contribution in [2.45, 2.75) is 19.3 Å². The first kappa shape index (κ1) is 24.0. The van der Waals surface area contributed by atoms with Crippen LogP contribution in [0.3, 0.4) is 0 Å². The zero-order chi connectivity index (χ0) is 23.9. The topological polar surface area (TPSA) is 69.7 Å². The lowest BCUT2D eigenvalue weighted by molar-refractivity contribution is -0.132. The lowest BCUT2D eigenvalue weighted by Crippen LogP contribution is -2.50. The summed E-state index contributed by atoms with van der Waals surface area (Å²) >= 11 is 7.58. The van der Waals surface area contributed by atoms with E-state index in [1.54, 1.807) is 35.2 Å². The monoisotopic (exact) mass is 495 g/mol. The molecule has 1 N–H and O–H groups in total. The van der Waals surface area contributed by atoms with Crippen molar-refractivity contribution in [1.82, 2.24) is 9.80 Å². The van der Waals surface area contributed by atoms with Crippen LogP contribution in [-0.2, 0) is 11.2 Å². The molecule has 0 atom stereocenters. The third-order valence-electron chi connectivity index (χ3n) is 5.82. The van der Waals surface area contributed by atoms with E-state index < -0.39 is 0 Å². The average molecular weight is 496 g/mol. The molecule has 0 aliphatic carbocycles. The van der Waals surface area contributed by atoms with Crippen molar-refractivity contribution >= 4 is 46.3 Å². The van der Waals surface area contributed by atoms with Crippen LogP contribution in [-0.4, -0.2) is 53.7 Å². The molecule has 6 nitrogen and oxygen atoms in total. The summed E-state index contributed by atoms with van der Waals surface area (Å²) < 4.78 is 0. The molecule has 2 heterocycles. The Kier molecular flexibility index (Phi) is 7.98. The van der Waals surface area contributed by atoms with Crippen molar-refractivity contribution in [3.63, 3.8) is 0 Å². The maximum absolute atomic E-state index is 13.1. The zero-order valence-electron chi connectivity index (χ0n) is 18.7. The van der Waals surface area contributed by atoms with Crippen molar-refractivity contribution in [3.05, 3.63) is 87.1 Å². The van der Waals surface area contributed by atoms with Crippen molar-refractivity contribution < 1.29 is 14.4 Å². The number of carbonyl (C=O) groups is 3. The smallest absolute Gasteiger partial charge is 0.265 e. The summed E-state index contributed by atoms with van der Waals surface area (Å²) in [5, 5.41) is 4.97. The van der Waals surface area contributed by atoms with Crippen molar-refractivity contribution in [2.75, 3.05) is 31.5 Å². The van der Waals surface area contributed by atoms with Gasteiger partial charge in [0.15, 0.2) is 0 Å². The second-order valence-electron chi connectivity index (χ2n) is 8.14. The van der Waals surface area contributed by atoms with Gasteiger partial charge >= 0.3 is 0 Å². The molecule has 0 spiro atoms. The number of benzene rings is 2. The molecule has 0 saturated carbocycles. The fourth-order valence-electron chi connectivity index (χ4n) is 3.93. The summed E-state index contributed by atoms with van der Waals surface area (Å²) in [5.41, 5.74) is 2.09. The molecule has 1 aliphatic heterocycles. The molecule has 4 rings (SSSR count). The van der Waals surface area contributed by atoms with Gasteiger partial charge in [0, 0.05) is 38.2 Å². The van der Waals surface area contributed by atoms with E-state index in [4.69, 9.17) is 11.6 Å². The molecule has 8 heteroatoms. The Morgan fingerprint density at radius 3 is 2.35 bits per heavy atom. The summed E-state index contributed by atoms with van der Waals surface area (Å²) in [6.45, 7) is 1.99. The van der Waals surface area contributed by atoms with Crippen molar-refractivity contribution in [3.8, 4) is 0 Å². The molecular formula is C26H26ClN3O3S. The molecule has 3 aromatic rings. The Morgan fingerprint density at radius 2 is 1.65 bits per heavy atom. The second-order valence-corrected chi connectivity index (χ2v) is 9.49.